The van der Waals surface area contributed by atoms with E-state index in [1.54, 1.807) is 24.3 Å². The number of fused-ring (bicyclic) bond motifs is 2. The standard InChI is InChI=1S/C28H32N2O5/c1-2-18-5-6-19-14-22(15-21(19)13-18)27(32)28(33)29-23(17-30-9-3-4-10-30)26(31)20-7-8-24-25(16-20)35-12-11-34-24/h2,5-8,13,16,22-23,26,31H,1,3-4,9-12,14-15,17H2,(H,29,33). The lowest BCUT2D eigenvalue weighted by molar-refractivity contribution is -0.141. The molecule has 184 valence electrons. The molecular formula is C28H32N2O5. The Hall–Kier alpha value is -3.16. The van der Waals surface area contributed by atoms with Crippen LogP contribution in [-0.4, -0.2) is 60.6 Å². The van der Waals surface area contributed by atoms with Crippen molar-refractivity contribution in [1.82, 2.24) is 10.2 Å². The molecule has 2 aromatic carbocycles. The normalized spacial score (nSPS) is 20.7. The number of hydrogen-bond donors (Lipinski definition) is 2. The Morgan fingerprint density at radius 1 is 1.06 bits per heavy atom. The van der Waals surface area contributed by atoms with Crippen LogP contribution in [0.3, 0.4) is 0 Å². The average molecular weight is 477 g/mol. The van der Waals surface area contributed by atoms with Crippen LogP contribution in [-0.2, 0) is 22.4 Å². The molecule has 3 atom stereocenters. The maximum absolute atomic E-state index is 13.1. The van der Waals surface area contributed by atoms with E-state index in [-0.39, 0.29) is 5.92 Å². The summed E-state index contributed by atoms with van der Waals surface area (Å²) in [6.45, 7) is 7.05. The molecule has 0 aromatic heterocycles. The van der Waals surface area contributed by atoms with Crippen LogP contribution < -0.4 is 14.8 Å². The Bertz CT molecular complexity index is 1120. The van der Waals surface area contributed by atoms with Crippen molar-refractivity contribution >= 4 is 17.8 Å². The largest absolute Gasteiger partial charge is 0.486 e. The molecule has 3 aliphatic rings. The number of Topliss-reactive ketones (excluding diaryl/α,β-unsaturated/α-hetero) is 1. The van der Waals surface area contributed by atoms with Gasteiger partial charge in [0.25, 0.3) is 5.91 Å². The Labute approximate surface area is 205 Å². The molecule has 35 heavy (non-hydrogen) atoms. The Morgan fingerprint density at radius 2 is 1.80 bits per heavy atom. The van der Waals surface area contributed by atoms with Gasteiger partial charge in [-0.25, -0.2) is 0 Å². The Kier molecular flexibility index (Phi) is 6.88. The number of amides is 1. The zero-order valence-corrected chi connectivity index (χ0v) is 19.9. The molecule has 3 unspecified atom stereocenters. The third-order valence-corrected chi connectivity index (χ3v) is 7.25. The van der Waals surface area contributed by atoms with Gasteiger partial charge in [-0.05, 0) is 73.2 Å². The zero-order valence-electron chi connectivity index (χ0n) is 19.9. The van der Waals surface area contributed by atoms with Crippen molar-refractivity contribution in [3.8, 4) is 11.5 Å². The van der Waals surface area contributed by atoms with Gasteiger partial charge in [-0.2, -0.15) is 0 Å². The van der Waals surface area contributed by atoms with E-state index in [0.29, 0.717) is 49.7 Å². The summed E-state index contributed by atoms with van der Waals surface area (Å²) in [4.78, 5) is 28.5. The predicted octanol–water partition coefficient (Wildman–Crippen LogP) is 2.70. The fourth-order valence-corrected chi connectivity index (χ4v) is 5.32. The number of ketones is 1. The van der Waals surface area contributed by atoms with Crippen LogP contribution in [0.25, 0.3) is 6.08 Å². The summed E-state index contributed by atoms with van der Waals surface area (Å²) in [6.07, 6.45) is 4.08. The molecule has 2 aliphatic heterocycles. The van der Waals surface area contributed by atoms with Crippen LogP contribution in [0.1, 0.15) is 41.2 Å². The molecule has 1 saturated heterocycles. The molecule has 7 nitrogen and oxygen atoms in total. The number of rotatable bonds is 8. The SMILES string of the molecule is C=Cc1ccc2c(c1)CC(C(=O)C(=O)NC(CN1CCCC1)C(O)c1ccc3c(c1)OCCO3)C2. The first-order valence-electron chi connectivity index (χ1n) is 12.4. The van der Waals surface area contributed by atoms with Crippen LogP contribution in [0.2, 0.25) is 0 Å². The average Bonchev–Trinajstić information content (AvgIpc) is 3.56. The smallest absolute Gasteiger partial charge is 0.288 e. The first-order valence-corrected chi connectivity index (χ1v) is 12.4. The van der Waals surface area contributed by atoms with Gasteiger partial charge in [-0.3, -0.25) is 9.59 Å². The summed E-state index contributed by atoms with van der Waals surface area (Å²) in [6, 6.07) is 10.7. The first-order chi connectivity index (χ1) is 17.0. The van der Waals surface area contributed by atoms with Crippen LogP contribution in [0.15, 0.2) is 43.0 Å². The van der Waals surface area contributed by atoms with E-state index < -0.39 is 23.8 Å². The minimum atomic E-state index is -0.987. The number of aliphatic hydroxyl groups is 1. The summed E-state index contributed by atoms with van der Waals surface area (Å²) in [5.41, 5.74) is 3.83. The lowest BCUT2D eigenvalue weighted by Gasteiger charge is -2.29. The zero-order chi connectivity index (χ0) is 24.4. The molecule has 7 heteroatoms. The first kappa shape index (κ1) is 23.6. The number of likely N-dealkylation sites (tertiary alicyclic amines) is 1. The van der Waals surface area contributed by atoms with Gasteiger partial charge >= 0.3 is 0 Å². The second-order valence-electron chi connectivity index (χ2n) is 9.64. The van der Waals surface area contributed by atoms with Crippen molar-refractivity contribution in [3.63, 3.8) is 0 Å². The molecule has 1 aliphatic carbocycles. The molecule has 1 amide bonds. The Balaban J connectivity index is 1.30. The van der Waals surface area contributed by atoms with E-state index >= 15 is 0 Å². The lowest BCUT2D eigenvalue weighted by atomic mass is 9.98. The molecule has 0 saturated carbocycles. The second kappa shape index (κ2) is 10.2. The van der Waals surface area contributed by atoms with Gasteiger partial charge in [0.2, 0.25) is 5.78 Å². The van der Waals surface area contributed by atoms with Crippen LogP contribution in [0, 0.1) is 5.92 Å². The minimum Gasteiger partial charge on any atom is -0.486 e. The maximum Gasteiger partial charge on any atom is 0.288 e. The summed E-state index contributed by atoms with van der Waals surface area (Å²) in [5.74, 6) is -0.223. The maximum atomic E-state index is 13.1. The number of nitrogens with one attached hydrogen (secondary N) is 1. The second-order valence-corrected chi connectivity index (χ2v) is 9.64. The van der Waals surface area contributed by atoms with Crippen LogP contribution in [0.4, 0.5) is 0 Å². The summed E-state index contributed by atoms with van der Waals surface area (Å²) >= 11 is 0. The summed E-state index contributed by atoms with van der Waals surface area (Å²) < 4.78 is 11.3. The van der Waals surface area contributed by atoms with Crippen molar-refractivity contribution in [2.45, 2.75) is 37.8 Å². The van der Waals surface area contributed by atoms with E-state index in [2.05, 4.69) is 16.8 Å². The number of benzene rings is 2. The molecule has 2 aromatic rings. The van der Waals surface area contributed by atoms with E-state index in [9.17, 15) is 14.7 Å². The lowest BCUT2D eigenvalue weighted by Crippen LogP contribution is -2.49. The third-order valence-electron chi connectivity index (χ3n) is 7.25. The molecule has 2 heterocycles. The minimum absolute atomic E-state index is 0.385. The number of aliphatic hydroxyl groups excluding tert-OH is 1. The highest BCUT2D eigenvalue weighted by Gasteiger charge is 2.34. The highest BCUT2D eigenvalue weighted by molar-refractivity contribution is 6.37. The quantitative estimate of drug-likeness (QED) is 0.570. The van der Waals surface area contributed by atoms with E-state index in [1.165, 1.54) is 0 Å². The van der Waals surface area contributed by atoms with E-state index in [1.807, 2.05) is 18.2 Å². The molecule has 1 fully saturated rings. The van der Waals surface area contributed by atoms with Crippen molar-refractivity contribution < 1.29 is 24.2 Å². The van der Waals surface area contributed by atoms with Gasteiger partial charge in [0.15, 0.2) is 11.5 Å². The van der Waals surface area contributed by atoms with Crippen molar-refractivity contribution in [1.29, 1.82) is 0 Å². The fourth-order valence-electron chi connectivity index (χ4n) is 5.32. The van der Waals surface area contributed by atoms with Gasteiger partial charge < -0.3 is 24.8 Å². The number of ether oxygens (including phenoxy) is 2. The van der Waals surface area contributed by atoms with Crippen molar-refractivity contribution in [2.24, 2.45) is 5.92 Å². The van der Waals surface area contributed by atoms with Gasteiger partial charge in [-0.1, -0.05) is 36.9 Å². The van der Waals surface area contributed by atoms with Gasteiger partial charge in [-0.15, -0.1) is 0 Å². The summed E-state index contributed by atoms with van der Waals surface area (Å²) in [5, 5.41) is 14.2. The molecule has 5 rings (SSSR count). The van der Waals surface area contributed by atoms with Gasteiger partial charge in [0.05, 0.1) is 6.04 Å². The molecular weight excluding hydrogens is 444 g/mol. The monoisotopic (exact) mass is 476 g/mol. The highest BCUT2D eigenvalue weighted by atomic mass is 16.6. The van der Waals surface area contributed by atoms with Gasteiger partial charge in [0.1, 0.15) is 19.3 Å². The van der Waals surface area contributed by atoms with Crippen molar-refractivity contribution in [2.75, 3.05) is 32.8 Å². The third kappa shape index (κ3) is 5.11. The number of hydrogen-bond acceptors (Lipinski definition) is 6. The molecule has 0 spiro atoms. The van der Waals surface area contributed by atoms with Crippen LogP contribution in [0.5, 0.6) is 11.5 Å². The predicted molar refractivity (Wildman–Crippen MR) is 132 cm³/mol. The summed E-state index contributed by atoms with van der Waals surface area (Å²) in [7, 11) is 0. The number of carbonyl (C=O) groups is 2. The fraction of sp³-hybridized carbons (Fsp3) is 0.429. The molecule has 0 radical (unpaired) electrons. The van der Waals surface area contributed by atoms with E-state index in [0.717, 1.165) is 42.6 Å². The number of carbonyl (C=O) groups excluding carboxylic acids is 2. The van der Waals surface area contributed by atoms with Crippen LogP contribution >= 0.6 is 0 Å². The van der Waals surface area contributed by atoms with Gasteiger partial charge in [0, 0.05) is 12.5 Å². The van der Waals surface area contributed by atoms with E-state index in [4.69, 9.17) is 9.47 Å². The van der Waals surface area contributed by atoms with Crippen molar-refractivity contribution in [3.05, 3.63) is 65.2 Å². The highest BCUT2D eigenvalue weighted by Crippen LogP contribution is 2.34. The Morgan fingerprint density at radius 3 is 2.57 bits per heavy atom. The number of nitrogens with zero attached hydrogens (tertiary/aromatic N) is 1. The molecule has 2 N–H and O–H groups in total. The topological polar surface area (TPSA) is 88.1 Å². The molecule has 0 bridgehead atoms.